The molecule has 2 N–H and O–H groups in total. The Morgan fingerprint density at radius 2 is 2.10 bits per heavy atom. The highest BCUT2D eigenvalue weighted by molar-refractivity contribution is 5.81. The first kappa shape index (κ1) is 12.3. The smallest absolute Gasteiger partial charge is 0.245 e. The van der Waals surface area contributed by atoms with E-state index in [0.717, 1.165) is 5.56 Å². The van der Waals surface area contributed by atoms with E-state index in [-0.39, 0.29) is 5.95 Å². The molecule has 6 nitrogen and oxygen atoms in total. The van der Waals surface area contributed by atoms with Gasteiger partial charge in [-0.1, -0.05) is 6.07 Å². The van der Waals surface area contributed by atoms with Gasteiger partial charge in [-0.25, -0.2) is 14.4 Å². The van der Waals surface area contributed by atoms with Crippen LogP contribution in [-0.4, -0.2) is 26.6 Å². The van der Waals surface area contributed by atoms with Gasteiger partial charge in [-0.2, -0.15) is 4.98 Å². The Hall–Kier alpha value is -2.70. The van der Waals surface area contributed by atoms with Crippen LogP contribution >= 0.6 is 0 Å². The molecule has 0 bridgehead atoms. The molecule has 0 aliphatic rings. The molecule has 0 aliphatic heterocycles. The van der Waals surface area contributed by atoms with Crippen molar-refractivity contribution in [3.8, 4) is 11.6 Å². The second kappa shape index (κ2) is 4.44. The Morgan fingerprint density at radius 1 is 1.30 bits per heavy atom. The van der Waals surface area contributed by atoms with Crippen LogP contribution in [0.5, 0.6) is 5.88 Å². The zero-order chi connectivity index (χ0) is 14.3. The zero-order valence-corrected chi connectivity index (χ0v) is 11.0. The highest BCUT2D eigenvalue weighted by atomic mass is 19.1. The summed E-state index contributed by atoms with van der Waals surface area (Å²) in [6, 6.07) is 4.75. The number of imidazole rings is 1. The number of fused-ring (bicyclic) bond motifs is 1. The molecule has 2 heterocycles. The van der Waals surface area contributed by atoms with Gasteiger partial charge < -0.3 is 10.5 Å². The van der Waals surface area contributed by atoms with Gasteiger partial charge >= 0.3 is 0 Å². The summed E-state index contributed by atoms with van der Waals surface area (Å²) in [5.41, 5.74) is 7.89. The van der Waals surface area contributed by atoms with Gasteiger partial charge in [0.15, 0.2) is 11.2 Å². The van der Waals surface area contributed by atoms with Crippen molar-refractivity contribution < 1.29 is 9.13 Å². The molecule has 20 heavy (non-hydrogen) atoms. The van der Waals surface area contributed by atoms with E-state index in [4.69, 9.17) is 10.5 Å². The molecule has 0 unspecified atom stereocenters. The number of aryl methyl sites for hydroxylation is 1. The fourth-order valence-electron chi connectivity index (χ4n) is 2.07. The van der Waals surface area contributed by atoms with Crippen LogP contribution in [0.2, 0.25) is 0 Å². The van der Waals surface area contributed by atoms with Gasteiger partial charge in [0, 0.05) is 0 Å². The van der Waals surface area contributed by atoms with E-state index >= 15 is 0 Å². The molecule has 7 heteroatoms. The topological polar surface area (TPSA) is 78.8 Å². The van der Waals surface area contributed by atoms with Crippen LogP contribution in [0.1, 0.15) is 5.56 Å². The molecule has 0 atom stereocenters. The average Bonchev–Trinajstić information content (AvgIpc) is 2.77. The second-order valence-electron chi connectivity index (χ2n) is 4.32. The highest BCUT2D eigenvalue weighted by Gasteiger charge is 2.18. The SMILES string of the molecule is COc1ncnc2c1nc(N)n2-c1cc(C)ccc1F. The van der Waals surface area contributed by atoms with Crippen LogP contribution in [0.3, 0.4) is 0 Å². The van der Waals surface area contributed by atoms with Gasteiger partial charge in [0.25, 0.3) is 0 Å². The lowest BCUT2D eigenvalue weighted by Crippen LogP contribution is -2.04. The summed E-state index contributed by atoms with van der Waals surface area (Å²) in [6.07, 6.45) is 1.33. The molecule has 2 aromatic heterocycles. The summed E-state index contributed by atoms with van der Waals surface area (Å²) in [7, 11) is 1.48. The molecule has 0 fully saturated rings. The first-order valence-corrected chi connectivity index (χ1v) is 5.91. The minimum atomic E-state index is -0.404. The Labute approximate surface area is 114 Å². The van der Waals surface area contributed by atoms with Gasteiger partial charge in [-0.05, 0) is 24.6 Å². The minimum absolute atomic E-state index is 0.128. The van der Waals surface area contributed by atoms with Gasteiger partial charge in [0.1, 0.15) is 12.1 Å². The standard InChI is InChI=1S/C13H12FN5O/c1-7-3-4-8(14)9(5-7)19-11-10(18-13(19)15)12(20-2)17-6-16-11/h3-6H,1-2H3,(H2,15,18). The quantitative estimate of drug-likeness (QED) is 0.771. The predicted molar refractivity (Wildman–Crippen MR) is 72.3 cm³/mol. The first-order valence-electron chi connectivity index (χ1n) is 5.91. The summed E-state index contributed by atoms with van der Waals surface area (Å²) >= 11 is 0. The molecule has 0 spiro atoms. The van der Waals surface area contributed by atoms with E-state index < -0.39 is 5.82 Å². The molecule has 1 aromatic carbocycles. The third-order valence-electron chi connectivity index (χ3n) is 2.97. The lowest BCUT2D eigenvalue weighted by molar-refractivity contribution is 0.401. The van der Waals surface area contributed by atoms with E-state index in [0.29, 0.717) is 22.7 Å². The van der Waals surface area contributed by atoms with Crippen molar-refractivity contribution in [2.75, 3.05) is 12.8 Å². The number of hydrogen-bond acceptors (Lipinski definition) is 5. The lowest BCUT2D eigenvalue weighted by atomic mass is 10.2. The van der Waals surface area contributed by atoms with Crippen LogP contribution in [-0.2, 0) is 0 Å². The van der Waals surface area contributed by atoms with Crippen LogP contribution in [0.15, 0.2) is 24.5 Å². The second-order valence-corrected chi connectivity index (χ2v) is 4.32. The third-order valence-corrected chi connectivity index (χ3v) is 2.97. The summed E-state index contributed by atoms with van der Waals surface area (Å²) in [5, 5.41) is 0. The largest absolute Gasteiger partial charge is 0.479 e. The summed E-state index contributed by atoms with van der Waals surface area (Å²) in [6.45, 7) is 1.87. The number of ether oxygens (including phenoxy) is 1. The van der Waals surface area contributed by atoms with Crippen molar-refractivity contribution in [3.05, 3.63) is 35.9 Å². The van der Waals surface area contributed by atoms with Gasteiger partial charge in [-0.3, -0.25) is 4.57 Å². The van der Waals surface area contributed by atoms with Gasteiger partial charge in [0.2, 0.25) is 11.8 Å². The number of methoxy groups -OCH3 is 1. The number of nitrogen functional groups attached to an aromatic ring is 1. The first-order chi connectivity index (χ1) is 9.61. The summed E-state index contributed by atoms with van der Waals surface area (Å²) < 4.78 is 20.6. The Bertz CT molecular complexity index is 799. The molecule has 0 amide bonds. The molecule has 0 radical (unpaired) electrons. The molecular weight excluding hydrogens is 261 g/mol. The maximum atomic E-state index is 14.0. The molecule has 3 aromatic rings. The number of aromatic nitrogens is 4. The minimum Gasteiger partial charge on any atom is -0.479 e. The fourth-order valence-corrected chi connectivity index (χ4v) is 2.07. The van der Waals surface area contributed by atoms with Crippen LogP contribution in [0.25, 0.3) is 16.9 Å². The summed E-state index contributed by atoms with van der Waals surface area (Å²) in [4.78, 5) is 12.2. The molecule has 102 valence electrons. The van der Waals surface area contributed by atoms with Crippen LogP contribution in [0, 0.1) is 12.7 Å². The van der Waals surface area contributed by atoms with Crippen molar-refractivity contribution in [2.24, 2.45) is 0 Å². The van der Waals surface area contributed by atoms with E-state index in [1.807, 2.05) is 6.92 Å². The van der Waals surface area contributed by atoms with Gasteiger partial charge in [-0.15, -0.1) is 0 Å². The van der Waals surface area contributed by atoms with Crippen molar-refractivity contribution in [1.82, 2.24) is 19.5 Å². The van der Waals surface area contributed by atoms with Gasteiger partial charge in [0.05, 0.1) is 12.8 Å². The fraction of sp³-hybridized carbons (Fsp3) is 0.154. The van der Waals surface area contributed by atoms with Crippen molar-refractivity contribution >= 4 is 17.1 Å². The number of anilines is 1. The lowest BCUT2D eigenvalue weighted by Gasteiger charge is -2.08. The molecule has 0 saturated heterocycles. The number of benzene rings is 1. The summed E-state index contributed by atoms with van der Waals surface area (Å²) in [5.74, 6) is 0.0241. The number of halogens is 1. The molecule has 0 saturated carbocycles. The van der Waals surface area contributed by atoms with Crippen LogP contribution < -0.4 is 10.5 Å². The molecule has 0 aliphatic carbocycles. The maximum Gasteiger partial charge on any atom is 0.245 e. The Morgan fingerprint density at radius 3 is 2.85 bits per heavy atom. The molecular formula is C13H12FN5O. The Balaban J connectivity index is 2.37. The Kier molecular flexibility index (Phi) is 2.74. The normalized spacial score (nSPS) is 10.9. The zero-order valence-electron chi connectivity index (χ0n) is 11.0. The number of rotatable bonds is 2. The third kappa shape index (κ3) is 1.75. The van der Waals surface area contributed by atoms with Crippen LogP contribution in [0.4, 0.5) is 10.3 Å². The maximum absolute atomic E-state index is 14.0. The highest BCUT2D eigenvalue weighted by Crippen LogP contribution is 2.27. The predicted octanol–water partition coefficient (Wildman–Crippen LogP) is 1.85. The van der Waals surface area contributed by atoms with Crippen molar-refractivity contribution in [3.63, 3.8) is 0 Å². The number of nitrogens with two attached hydrogens (primary N) is 1. The number of hydrogen-bond donors (Lipinski definition) is 1. The van der Waals surface area contributed by atoms with E-state index in [1.165, 1.54) is 24.1 Å². The van der Waals surface area contributed by atoms with E-state index in [2.05, 4.69) is 15.0 Å². The van der Waals surface area contributed by atoms with Crippen molar-refractivity contribution in [2.45, 2.75) is 6.92 Å². The average molecular weight is 273 g/mol. The van der Waals surface area contributed by atoms with E-state index in [9.17, 15) is 4.39 Å². The van der Waals surface area contributed by atoms with E-state index in [1.54, 1.807) is 12.1 Å². The molecule has 3 rings (SSSR count). The van der Waals surface area contributed by atoms with Crippen molar-refractivity contribution in [1.29, 1.82) is 0 Å². The monoisotopic (exact) mass is 273 g/mol. The number of nitrogens with zero attached hydrogens (tertiary/aromatic N) is 4.